The number of nitrogens with zero attached hydrogens (tertiary/aromatic N) is 1. The molecule has 0 bridgehead atoms. The summed E-state index contributed by atoms with van der Waals surface area (Å²) in [5, 5.41) is 0. The summed E-state index contributed by atoms with van der Waals surface area (Å²) in [7, 11) is 3.49. The fourth-order valence-corrected chi connectivity index (χ4v) is 2.95. The van der Waals surface area contributed by atoms with E-state index in [0.29, 0.717) is 19.6 Å². The molecule has 0 aliphatic heterocycles. The molecule has 4 nitrogen and oxygen atoms in total. The molecule has 0 saturated heterocycles. The third kappa shape index (κ3) is 5.12. The first-order valence-corrected chi connectivity index (χ1v) is 7.55. The number of hydrogen-bond acceptors (Lipinski definition) is 3. The van der Waals surface area contributed by atoms with E-state index >= 15 is 0 Å². The molecule has 0 heterocycles. The Balaban J connectivity index is 2.81. The second-order valence-corrected chi connectivity index (χ2v) is 6.05. The number of halogens is 2. The molecule has 0 unspecified atom stereocenters. The van der Waals surface area contributed by atoms with Crippen molar-refractivity contribution in [1.29, 1.82) is 0 Å². The summed E-state index contributed by atoms with van der Waals surface area (Å²) < 4.78 is 7.31. The van der Waals surface area contributed by atoms with Crippen molar-refractivity contribution in [3.8, 4) is 5.75 Å². The first kappa shape index (κ1) is 16.5. The van der Waals surface area contributed by atoms with Gasteiger partial charge in [-0.05, 0) is 62.5 Å². The lowest BCUT2D eigenvalue weighted by Gasteiger charge is -2.13. The van der Waals surface area contributed by atoms with Crippen LogP contribution in [0.3, 0.4) is 0 Å². The van der Waals surface area contributed by atoms with Crippen LogP contribution in [0.25, 0.3) is 0 Å². The highest BCUT2D eigenvalue weighted by Gasteiger charge is 2.12. The van der Waals surface area contributed by atoms with E-state index in [2.05, 4.69) is 31.9 Å². The van der Waals surface area contributed by atoms with Gasteiger partial charge in [0.15, 0.2) is 0 Å². The number of benzene rings is 1. The van der Waals surface area contributed by atoms with Crippen LogP contribution in [0.1, 0.15) is 12.0 Å². The van der Waals surface area contributed by atoms with Gasteiger partial charge < -0.3 is 15.4 Å². The number of ether oxygens (including phenoxy) is 1. The molecule has 0 aliphatic rings. The number of carbonyl (C=O) groups is 1. The SMILES string of the molecule is CN(C)C(=O)Cc1cc(Br)c(OCCCN)c(Br)c1. The van der Waals surface area contributed by atoms with Crippen molar-refractivity contribution in [2.75, 3.05) is 27.2 Å². The van der Waals surface area contributed by atoms with E-state index in [1.54, 1.807) is 19.0 Å². The summed E-state index contributed by atoms with van der Waals surface area (Å²) in [4.78, 5) is 13.3. The topological polar surface area (TPSA) is 55.6 Å². The number of amides is 1. The number of nitrogens with two attached hydrogens (primary N) is 1. The van der Waals surface area contributed by atoms with Gasteiger partial charge in [-0.2, -0.15) is 0 Å². The van der Waals surface area contributed by atoms with Crippen molar-refractivity contribution in [3.05, 3.63) is 26.6 Å². The smallest absolute Gasteiger partial charge is 0.226 e. The van der Waals surface area contributed by atoms with Crippen LogP contribution in [0, 0.1) is 0 Å². The number of rotatable bonds is 6. The van der Waals surface area contributed by atoms with Gasteiger partial charge >= 0.3 is 0 Å². The Kier molecular flexibility index (Phi) is 6.82. The van der Waals surface area contributed by atoms with Crippen molar-refractivity contribution < 1.29 is 9.53 Å². The lowest BCUT2D eigenvalue weighted by molar-refractivity contribution is -0.127. The van der Waals surface area contributed by atoms with E-state index in [4.69, 9.17) is 10.5 Å². The van der Waals surface area contributed by atoms with Gasteiger partial charge in [0.2, 0.25) is 5.91 Å². The maximum Gasteiger partial charge on any atom is 0.226 e. The molecule has 19 heavy (non-hydrogen) atoms. The van der Waals surface area contributed by atoms with Crippen LogP contribution in [0.5, 0.6) is 5.75 Å². The Morgan fingerprint density at radius 3 is 2.37 bits per heavy atom. The van der Waals surface area contributed by atoms with Crippen LogP contribution in [0.4, 0.5) is 0 Å². The van der Waals surface area contributed by atoms with E-state index < -0.39 is 0 Å². The van der Waals surface area contributed by atoms with E-state index in [0.717, 1.165) is 26.7 Å². The summed E-state index contributed by atoms with van der Waals surface area (Å²) in [6, 6.07) is 3.81. The summed E-state index contributed by atoms with van der Waals surface area (Å²) in [6.07, 6.45) is 1.17. The molecule has 0 aliphatic carbocycles. The zero-order chi connectivity index (χ0) is 14.4. The molecule has 1 aromatic carbocycles. The summed E-state index contributed by atoms with van der Waals surface area (Å²) in [6.45, 7) is 1.17. The van der Waals surface area contributed by atoms with Crippen LogP contribution in [0.15, 0.2) is 21.1 Å². The Morgan fingerprint density at radius 1 is 1.32 bits per heavy atom. The predicted molar refractivity (Wildman–Crippen MR) is 83.4 cm³/mol. The standard InChI is InChI=1S/C13H18Br2N2O2/c1-17(2)12(18)8-9-6-10(14)13(11(15)7-9)19-5-3-4-16/h6-7H,3-5,8,16H2,1-2H3. The van der Waals surface area contributed by atoms with Gasteiger partial charge in [0.1, 0.15) is 5.75 Å². The number of carbonyl (C=O) groups excluding carboxylic acids is 1. The van der Waals surface area contributed by atoms with Crippen molar-refractivity contribution >= 4 is 37.8 Å². The minimum absolute atomic E-state index is 0.0654. The first-order chi connectivity index (χ1) is 8.95. The third-order valence-electron chi connectivity index (χ3n) is 2.51. The molecular weight excluding hydrogens is 376 g/mol. The summed E-state index contributed by atoms with van der Waals surface area (Å²) in [5.41, 5.74) is 6.36. The van der Waals surface area contributed by atoms with Crippen molar-refractivity contribution in [3.63, 3.8) is 0 Å². The Hall–Kier alpha value is -0.590. The highest BCUT2D eigenvalue weighted by atomic mass is 79.9. The zero-order valence-corrected chi connectivity index (χ0v) is 14.3. The molecule has 0 radical (unpaired) electrons. The van der Waals surface area contributed by atoms with Gasteiger partial charge in [-0.1, -0.05) is 0 Å². The zero-order valence-electron chi connectivity index (χ0n) is 11.1. The molecule has 106 valence electrons. The van der Waals surface area contributed by atoms with Gasteiger partial charge in [-0.25, -0.2) is 0 Å². The van der Waals surface area contributed by atoms with Crippen LogP contribution >= 0.6 is 31.9 Å². The lowest BCUT2D eigenvalue weighted by Crippen LogP contribution is -2.23. The monoisotopic (exact) mass is 392 g/mol. The van der Waals surface area contributed by atoms with Crippen LogP contribution in [0.2, 0.25) is 0 Å². The second-order valence-electron chi connectivity index (χ2n) is 4.34. The minimum atomic E-state index is 0.0654. The van der Waals surface area contributed by atoms with Crippen molar-refractivity contribution in [2.45, 2.75) is 12.8 Å². The fraction of sp³-hybridized carbons (Fsp3) is 0.462. The predicted octanol–water partition coefficient (Wildman–Crippen LogP) is 2.57. The van der Waals surface area contributed by atoms with E-state index in [1.807, 2.05) is 12.1 Å². The molecule has 0 fully saturated rings. The van der Waals surface area contributed by atoms with E-state index in [-0.39, 0.29) is 5.91 Å². The molecule has 1 aromatic rings. The maximum atomic E-state index is 11.7. The largest absolute Gasteiger partial charge is 0.491 e. The average molecular weight is 394 g/mol. The summed E-state index contributed by atoms with van der Waals surface area (Å²) >= 11 is 6.93. The Bertz CT molecular complexity index is 427. The van der Waals surface area contributed by atoms with E-state index in [9.17, 15) is 4.79 Å². The van der Waals surface area contributed by atoms with Gasteiger partial charge in [-0.15, -0.1) is 0 Å². The third-order valence-corrected chi connectivity index (χ3v) is 3.69. The average Bonchev–Trinajstić information content (AvgIpc) is 2.32. The number of hydrogen-bond donors (Lipinski definition) is 1. The van der Waals surface area contributed by atoms with Gasteiger partial charge in [-0.3, -0.25) is 4.79 Å². The first-order valence-electron chi connectivity index (χ1n) is 5.96. The van der Waals surface area contributed by atoms with Gasteiger partial charge in [0.05, 0.1) is 22.0 Å². The highest BCUT2D eigenvalue weighted by molar-refractivity contribution is 9.11. The second kappa shape index (κ2) is 7.87. The van der Waals surface area contributed by atoms with Gasteiger partial charge in [0, 0.05) is 14.1 Å². The van der Waals surface area contributed by atoms with Crippen molar-refractivity contribution in [1.82, 2.24) is 4.90 Å². The molecule has 0 aromatic heterocycles. The normalized spacial score (nSPS) is 10.4. The summed E-state index contributed by atoms with van der Waals surface area (Å²) in [5.74, 6) is 0.810. The quantitative estimate of drug-likeness (QED) is 0.755. The molecule has 0 saturated carbocycles. The van der Waals surface area contributed by atoms with E-state index in [1.165, 1.54) is 0 Å². The Labute approximate surface area is 130 Å². The Morgan fingerprint density at radius 2 is 1.89 bits per heavy atom. The molecule has 1 amide bonds. The lowest BCUT2D eigenvalue weighted by atomic mass is 10.1. The van der Waals surface area contributed by atoms with Crippen LogP contribution in [-0.2, 0) is 11.2 Å². The molecule has 0 atom stereocenters. The molecule has 1 rings (SSSR count). The van der Waals surface area contributed by atoms with Crippen molar-refractivity contribution in [2.24, 2.45) is 5.73 Å². The maximum absolute atomic E-state index is 11.7. The molecule has 6 heteroatoms. The number of likely N-dealkylation sites (N-methyl/N-ethyl adjacent to an activating group) is 1. The highest BCUT2D eigenvalue weighted by Crippen LogP contribution is 2.35. The van der Waals surface area contributed by atoms with Crippen LogP contribution < -0.4 is 10.5 Å². The van der Waals surface area contributed by atoms with Gasteiger partial charge in [0.25, 0.3) is 0 Å². The molecule has 0 spiro atoms. The van der Waals surface area contributed by atoms with Crippen LogP contribution in [-0.4, -0.2) is 38.1 Å². The minimum Gasteiger partial charge on any atom is -0.491 e. The fourth-order valence-electron chi connectivity index (χ4n) is 1.44. The molecular formula is C13H18Br2N2O2. The molecule has 2 N–H and O–H groups in total.